The Kier molecular flexibility index (Phi) is 3.08. The van der Waals surface area contributed by atoms with E-state index < -0.39 is 0 Å². The predicted molar refractivity (Wildman–Crippen MR) is 84.0 cm³/mol. The van der Waals surface area contributed by atoms with Crippen LogP contribution in [0.15, 0.2) is 24.3 Å². The molecule has 3 nitrogen and oxygen atoms in total. The number of aromatic nitrogens is 1. The zero-order chi connectivity index (χ0) is 15.4. The number of aryl methyl sites for hydroxylation is 1. The summed E-state index contributed by atoms with van der Waals surface area (Å²) in [6.07, 6.45) is 1.19. The van der Waals surface area contributed by atoms with Gasteiger partial charge in [-0.25, -0.2) is 9.37 Å². The molecule has 0 unspecified atom stereocenters. The van der Waals surface area contributed by atoms with E-state index in [4.69, 9.17) is 0 Å². The van der Waals surface area contributed by atoms with E-state index in [9.17, 15) is 9.18 Å². The Bertz CT molecular complexity index is 757. The maximum Gasteiger partial charge on any atom is 0.274 e. The van der Waals surface area contributed by atoms with Crippen LogP contribution in [-0.4, -0.2) is 28.4 Å². The van der Waals surface area contributed by atoms with Crippen molar-refractivity contribution in [2.75, 3.05) is 6.54 Å². The molecule has 22 heavy (non-hydrogen) atoms. The lowest BCUT2D eigenvalue weighted by Crippen LogP contribution is -2.37. The molecular formula is C17H16FN2OS. The van der Waals surface area contributed by atoms with Gasteiger partial charge in [-0.2, -0.15) is 0 Å². The minimum absolute atomic E-state index is 0.0415. The van der Waals surface area contributed by atoms with Crippen molar-refractivity contribution in [2.45, 2.75) is 19.4 Å². The fourth-order valence-corrected chi connectivity index (χ4v) is 4.25. The number of carbonyl (C=O) groups excluding carboxylic acids is 1. The lowest BCUT2D eigenvalue weighted by atomic mass is 10.1. The number of likely N-dealkylation sites (tertiary alicyclic amines) is 1. The highest BCUT2D eigenvalue weighted by Crippen LogP contribution is 2.49. The Hall–Kier alpha value is -1.75. The first kappa shape index (κ1) is 13.9. The van der Waals surface area contributed by atoms with Crippen LogP contribution >= 0.6 is 11.3 Å². The number of halogens is 1. The average Bonchev–Trinajstić information content (AvgIpc) is 3.05. The molecule has 3 atom stereocenters. The monoisotopic (exact) mass is 315 g/mol. The second-order valence-corrected chi connectivity index (χ2v) is 7.31. The topological polar surface area (TPSA) is 33.2 Å². The van der Waals surface area contributed by atoms with Gasteiger partial charge in [0, 0.05) is 12.6 Å². The van der Waals surface area contributed by atoms with Crippen LogP contribution in [0, 0.1) is 31.5 Å². The normalized spacial score (nSPS) is 26.1. The first-order valence-electron chi connectivity index (χ1n) is 7.42. The van der Waals surface area contributed by atoms with Crippen molar-refractivity contribution in [3.05, 3.63) is 47.7 Å². The zero-order valence-electron chi connectivity index (χ0n) is 12.3. The van der Waals surface area contributed by atoms with Gasteiger partial charge in [0.05, 0.1) is 9.88 Å². The molecule has 1 aliphatic carbocycles. The molecule has 0 spiro atoms. The van der Waals surface area contributed by atoms with Crippen LogP contribution in [0.2, 0.25) is 0 Å². The summed E-state index contributed by atoms with van der Waals surface area (Å²) in [6, 6.07) is 6.37. The van der Waals surface area contributed by atoms with E-state index >= 15 is 0 Å². The van der Waals surface area contributed by atoms with E-state index in [0.29, 0.717) is 23.1 Å². The van der Waals surface area contributed by atoms with E-state index in [1.807, 2.05) is 17.9 Å². The van der Waals surface area contributed by atoms with Gasteiger partial charge in [-0.3, -0.25) is 4.79 Å². The maximum atomic E-state index is 13.5. The SMILES string of the molecule is [CH2][C@H]1[C@H]2C[C@H]2CN1C(=O)c1nc(C)sc1-c1cccc(F)c1. The Morgan fingerprint density at radius 3 is 3.00 bits per heavy atom. The molecule has 0 N–H and O–H groups in total. The van der Waals surface area contributed by atoms with E-state index in [-0.39, 0.29) is 17.8 Å². The summed E-state index contributed by atoms with van der Waals surface area (Å²) in [6.45, 7) is 6.78. The third kappa shape index (κ3) is 2.15. The molecule has 1 saturated heterocycles. The van der Waals surface area contributed by atoms with Crippen LogP contribution < -0.4 is 0 Å². The van der Waals surface area contributed by atoms with Gasteiger partial charge in [0.2, 0.25) is 0 Å². The molecule has 5 heteroatoms. The van der Waals surface area contributed by atoms with Crippen molar-refractivity contribution >= 4 is 17.2 Å². The number of thiazole rings is 1. The van der Waals surface area contributed by atoms with Crippen molar-refractivity contribution in [3.8, 4) is 10.4 Å². The molecule has 2 aromatic rings. The van der Waals surface area contributed by atoms with Gasteiger partial charge in [-0.1, -0.05) is 12.1 Å². The number of nitrogens with zero attached hydrogens (tertiary/aromatic N) is 2. The van der Waals surface area contributed by atoms with Crippen molar-refractivity contribution in [1.29, 1.82) is 0 Å². The molecule has 4 rings (SSSR count). The number of hydrogen-bond acceptors (Lipinski definition) is 3. The molecule has 2 heterocycles. The molecule has 1 saturated carbocycles. The minimum Gasteiger partial charge on any atom is -0.334 e. The number of rotatable bonds is 2. The molecule has 0 bridgehead atoms. The van der Waals surface area contributed by atoms with Crippen molar-refractivity contribution in [3.63, 3.8) is 0 Å². The Labute approximate surface area is 132 Å². The average molecular weight is 315 g/mol. The van der Waals surface area contributed by atoms with Gasteiger partial charge in [0.1, 0.15) is 11.5 Å². The van der Waals surface area contributed by atoms with Crippen molar-refractivity contribution in [2.24, 2.45) is 11.8 Å². The van der Waals surface area contributed by atoms with E-state index in [1.165, 1.54) is 29.9 Å². The summed E-state index contributed by atoms with van der Waals surface area (Å²) in [7, 11) is 0. The summed E-state index contributed by atoms with van der Waals surface area (Å²) in [4.78, 5) is 19.8. The summed E-state index contributed by atoms with van der Waals surface area (Å²) < 4.78 is 13.5. The molecule has 1 aliphatic heterocycles. The second kappa shape index (κ2) is 4.88. The van der Waals surface area contributed by atoms with E-state index in [2.05, 4.69) is 11.9 Å². The van der Waals surface area contributed by atoms with E-state index in [0.717, 1.165) is 16.4 Å². The Balaban J connectivity index is 1.71. The standard InChI is InChI=1S/C17H16FN2OS/c1-9-14-7-12(14)8-20(9)17(21)15-16(22-10(2)19-15)11-4-3-5-13(18)6-11/h3-6,9,12,14H,1,7-8H2,2H3/t9-,12-,14+/m0/s1. The highest BCUT2D eigenvalue weighted by Gasteiger charge is 2.52. The Morgan fingerprint density at radius 2 is 2.32 bits per heavy atom. The number of amides is 1. The molecule has 113 valence electrons. The van der Waals surface area contributed by atoms with Crippen LogP contribution in [0.3, 0.4) is 0 Å². The first-order chi connectivity index (χ1) is 10.5. The van der Waals surface area contributed by atoms with E-state index in [1.54, 1.807) is 6.07 Å². The number of piperidine rings is 1. The molecule has 1 amide bonds. The van der Waals surface area contributed by atoms with Crippen LogP contribution in [0.1, 0.15) is 21.9 Å². The quantitative estimate of drug-likeness (QED) is 0.849. The third-order valence-corrected chi connectivity index (χ3v) is 5.61. The first-order valence-corrected chi connectivity index (χ1v) is 8.23. The second-order valence-electron chi connectivity index (χ2n) is 6.11. The lowest BCUT2D eigenvalue weighted by Gasteiger charge is -2.23. The van der Waals surface area contributed by atoms with Gasteiger partial charge in [-0.05, 0) is 49.8 Å². The van der Waals surface area contributed by atoms with Gasteiger partial charge < -0.3 is 4.90 Å². The maximum absolute atomic E-state index is 13.5. The zero-order valence-corrected chi connectivity index (χ0v) is 13.1. The number of carbonyl (C=O) groups is 1. The van der Waals surface area contributed by atoms with Gasteiger partial charge >= 0.3 is 0 Å². The van der Waals surface area contributed by atoms with Crippen LogP contribution in [-0.2, 0) is 0 Å². The Morgan fingerprint density at radius 1 is 1.50 bits per heavy atom. The highest BCUT2D eigenvalue weighted by atomic mass is 32.1. The van der Waals surface area contributed by atoms with Gasteiger partial charge in [-0.15, -0.1) is 11.3 Å². The van der Waals surface area contributed by atoms with Crippen LogP contribution in [0.25, 0.3) is 10.4 Å². The number of hydrogen-bond donors (Lipinski definition) is 0. The molecule has 1 aromatic heterocycles. The highest BCUT2D eigenvalue weighted by molar-refractivity contribution is 7.15. The van der Waals surface area contributed by atoms with Gasteiger partial charge in [0.25, 0.3) is 5.91 Å². The number of fused-ring (bicyclic) bond motifs is 1. The van der Waals surface area contributed by atoms with Crippen molar-refractivity contribution < 1.29 is 9.18 Å². The summed E-state index contributed by atoms with van der Waals surface area (Å²) in [5.41, 5.74) is 1.14. The third-order valence-electron chi connectivity index (χ3n) is 4.59. The number of benzene rings is 1. The predicted octanol–water partition coefficient (Wildman–Crippen LogP) is 3.55. The lowest BCUT2D eigenvalue weighted by molar-refractivity contribution is 0.0731. The molecular weight excluding hydrogens is 299 g/mol. The molecule has 1 aromatic carbocycles. The fourth-order valence-electron chi connectivity index (χ4n) is 3.34. The largest absolute Gasteiger partial charge is 0.334 e. The fraction of sp³-hybridized carbons (Fsp3) is 0.353. The summed E-state index contributed by atoms with van der Waals surface area (Å²) in [5.74, 6) is 0.792. The smallest absolute Gasteiger partial charge is 0.274 e. The molecule has 2 aliphatic rings. The van der Waals surface area contributed by atoms with Crippen LogP contribution in [0.4, 0.5) is 4.39 Å². The van der Waals surface area contributed by atoms with Crippen LogP contribution in [0.5, 0.6) is 0 Å². The summed E-state index contributed by atoms with van der Waals surface area (Å²) in [5, 5.41) is 0.813. The summed E-state index contributed by atoms with van der Waals surface area (Å²) >= 11 is 1.43. The van der Waals surface area contributed by atoms with Gasteiger partial charge in [0.15, 0.2) is 0 Å². The van der Waals surface area contributed by atoms with Crippen molar-refractivity contribution in [1.82, 2.24) is 9.88 Å². The molecule has 2 fully saturated rings. The molecule has 1 radical (unpaired) electrons. The minimum atomic E-state index is -0.306.